The van der Waals surface area contributed by atoms with Crippen molar-refractivity contribution in [2.24, 2.45) is 10.7 Å². The van der Waals surface area contributed by atoms with Gasteiger partial charge in [0.15, 0.2) is 5.96 Å². The number of fused-ring (bicyclic) bond motifs is 1. The number of hydrogen-bond acceptors (Lipinski definition) is 5. The summed E-state index contributed by atoms with van der Waals surface area (Å²) < 4.78 is 10.8. The van der Waals surface area contributed by atoms with Crippen molar-refractivity contribution in [3.05, 3.63) is 48.5 Å². The fourth-order valence-corrected chi connectivity index (χ4v) is 2.60. The molecular formula is C19H18N4O3. The number of methoxy groups -OCH3 is 2. The smallest absolute Gasteiger partial charge is 0.213 e. The van der Waals surface area contributed by atoms with E-state index in [-0.39, 0.29) is 5.96 Å². The van der Waals surface area contributed by atoms with Crippen LogP contribution in [0.4, 0.5) is 5.69 Å². The van der Waals surface area contributed by atoms with Crippen LogP contribution in [-0.2, 0) is 4.79 Å². The van der Waals surface area contributed by atoms with Crippen molar-refractivity contribution in [3.63, 3.8) is 0 Å². The summed E-state index contributed by atoms with van der Waals surface area (Å²) in [6.07, 6.45) is 0.474. The number of amides is 1. The molecule has 2 aromatic carbocycles. The third kappa shape index (κ3) is 3.41. The topological polar surface area (TPSA) is 98.8 Å². The Hall–Kier alpha value is -3.61. The second kappa shape index (κ2) is 7.52. The van der Waals surface area contributed by atoms with Gasteiger partial charge in [-0.05, 0) is 12.1 Å². The number of carbonyl (C=O) groups excluding carboxylic acids is 1. The van der Waals surface area contributed by atoms with Crippen LogP contribution >= 0.6 is 0 Å². The van der Waals surface area contributed by atoms with Crippen LogP contribution in [0.3, 0.4) is 0 Å². The molecule has 7 nitrogen and oxygen atoms in total. The molecule has 3 N–H and O–H groups in total. The summed E-state index contributed by atoms with van der Waals surface area (Å²) in [4.78, 5) is 19.7. The first-order chi connectivity index (χ1) is 12.7. The van der Waals surface area contributed by atoms with Gasteiger partial charge in [0.25, 0.3) is 0 Å². The second-order valence-corrected chi connectivity index (χ2v) is 5.38. The molecule has 0 aliphatic heterocycles. The Morgan fingerprint density at radius 1 is 1.15 bits per heavy atom. The fraction of sp³-hybridized carbons (Fsp3) is 0.105. The molecule has 0 atom stereocenters. The highest BCUT2D eigenvalue weighted by Crippen LogP contribution is 2.37. The fourth-order valence-electron chi connectivity index (χ4n) is 2.60. The Kier molecular flexibility index (Phi) is 4.98. The molecule has 0 fully saturated rings. The Labute approximate surface area is 150 Å². The zero-order valence-corrected chi connectivity index (χ0v) is 14.4. The maximum absolute atomic E-state index is 10.6. The highest BCUT2D eigenvalue weighted by molar-refractivity contribution is 6.00. The number of aliphatic imine (C=N–C) groups is 1. The van der Waals surface area contributed by atoms with Gasteiger partial charge >= 0.3 is 0 Å². The van der Waals surface area contributed by atoms with Crippen molar-refractivity contribution in [1.29, 1.82) is 0 Å². The Bertz CT molecular complexity index is 971. The van der Waals surface area contributed by atoms with E-state index in [9.17, 15) is 4.79 Å². The average molecular weight is 350 g/mol. The van der Waals surface area contributed by atoms with E-state index in [0.717, 1.165) is 5.56 Å². The molecule has 0 saturated heterocycles. The molecule has 1 heterocycles. The predicted molar refractivity (Wildman–Crippen MR) is 101 cm³/mol. The lowest BCUT2D eigenvalue weighted by Gasteiger charge is -2.12. The third-order valence-corrected chi connectivity index (χ3v) is 3.80. The van der Waals surface area contributed by atoms with Gasteiger partial charge in [-0.3, -0.25) is 10.1 Å². The van der Waals surface area contributed by atoms with E-state index in [2.05, 4.69) is 10.3 Å². The number of benzene rings is 2. The van der Waals surface area contributed by atoms with E-state index >= 15 is 0 Å². The molecule has 26 heavy (non-hydrogen) atoms. The minimum atomic E-state index is -0.0201. The summed E-state index contributed by atoms with van der Waals surface area (Å²) in [6, 6.07) is 15.0. The number of pyridine rings is 1. The van der Waals surface area contributed by atoms with Crippen LogP contribution in [-0.4, -0.2) is 31.6 Å². The Morgan fingerprint density at radius 2 is 1.92 bits per heavy atom. The van der Waals surface area contributed by atoms with E-state index in [4.69, 9.17) is 20.2 Å². The van der Waals surface area contributed by atoms with Crippen LogP contribution in [0.5, 0.6) is 11.5 Å². The minimum Gasteiger partial charge on any atom is -0.497 e. The molecule has 0 bridgehead atoms. The number of nitrogens with two attached hydrogens (primary N) is 1. The van der Waals surface area contributed by atoms with Crippen molar-refractivity contribution in [1.82, 2.24) is 10.3 Å². The molecular weight excluding hydrogens is 332 g/mol. The number of rotatable bonds is 5. The number of ether oxygens (including phenoxy) is 2. The molecule has 0 radical (unpaired) electrons. The summed E-state index contributed by atoms with van der Waals surface area (Å²) in [5, 5.41) is 3.03. The lowest BCUT2D eigenvalue weighted by atomic mass is 10.1. The van der Waals surface area contributed by atoms with Gasteiger partial charge in [-0.2, -0.15) is 0 Å². The predicted octanol–water partition coefficient (Wildman–Crippen LogP) is 2.61. The molecule has 7 heteroatoms. The van der Waals surface area contributed by atoms with Gasteiger partial charge in [-0.1, -0.05) is 30.3 Å². The van der Waals surface area contributed by atoms with Gasteiger partial charge < -0.3 is 15.2 Å². The Morgan fingerprint density at radius 3 is 2.58 bits per heavy atom. The zero-order valence-electron chi connectivity index (χ0n) is 14.4. The highest BCUT2D eigenvalue weighted by Gasteiger charge is 2.14. The summed E-state index contributed by atoms with van der Waals surface area (Å²) in [5.74, 6) is 1.13. The number of carbonyl (C=O) groups is 1. The summed E-state index contributed by atoms with van der Waals surface area (Å²) in [7, 11) is 3.13. The number of nitrogens with zero attached hydrogens (tertiary/aromatic N) is 2. The van der Waals surface area contributed by atoms with Crippen LogP contribution < -0.4 is 20.5 Å². The lowest BCUT2D eigenvalue weighted by Crippen LogP contribution is -2.29. The van der Waals surface area contributed by atoms with E-state index in [1.807, 2.05) is 30.3 Å². The van der Waals surface area contributed by atoms with Crippen molar-refractivity contribution in [2.75, 3.05) is 14.2 Å². The van der Waals surface area contributed by atoms with Gasteiger partial charge in [-0.15, -0.1) is 0 Å². The largest absolute Gasteiger partial charge is 0.497 e. The molecule has 1 amide bonds. The number of guanidine groups is 1. The van der Waals surface area contributed by atoms with Gasteiger partial charge in [0.1, 0.15) is 17.0 Å². The molecule has 0 spiro atoms. The molecule has 0 aliphatic rings. The number of nitrogens with one attached hydrogen (secondary N) is 1. The minimum absolute atomic E-state index is 0.0201. The molecule has 1 aromatic heterocycles. The maximum Gasteiger partial charge on any atom is 0.213 e. The number of aromatic nitrogens is 1. The molecule has 0 aliphatic carbocycles. The van der Waals surface area contributed by atoms with Crippen LogP contribution in [0.2, 0.25) is 0 Å². The quantitative estimate of drug-likeness (QED) is 0.419. The zero-order chi connectivity index (χ0) is 18.5. The van der Waals surface area contributed by atoms with Crippen LogP contribution in [0.1, 0.15) is 0 Å². The standard InChI is InChI=1S/C19H18N4O3/c1-25-13-8-14-16(23-19(20)21-11-24)10-15(12-6-4-3-5-7-12)22-18(14)17(9-13)26-2/h3-11H,1-2H3,(H3,20,21,22,23,24). The van der Waals surface area contributed by atoms with E-state index in [1.165, 1.54) is 0 Å². The average Bonchev–Trinajstić information content (AvgIpc) is 2.68. The van der Waals surface area contributed by atoms with E-state index in [0.29, 0.717) is 40.2 Å². The van der Waals surface area contributed by atoms with Crippen LogP contribution in [0, 0.1) is 0 Å². The molecule has 3 aromatic rings. The Balaban J connectivity index is 2.32. The van der Waals surface area contributed by atoms with Crippen molar-refractivity contribution >= 4 is 29.0 Å². The van der Waals surface area contributed by atoms with Crippen molar-refractivity contribution < 1.29 is 14.3 Å². The van der Waals surface area contributed by atoms with Gasteiger partial charge in [0, 0.05) is 17.0 Å². The maximum atomic E-state index is 10.6. The van der Waals surface area contributed by atoms with Gasteiger partial charge in [0.05, 0.1) is 25.6 Å². The van der Waals surface area contributed by atoms with Crippen LogP contribution in [0.15, 0.2) is 53.5 Å². The van der Waals surface area contributed by atoms with Crippen molar-refractivity contribution in [3.8, 4) is 22.8 Å². The molecule has 0 saturated carbocycles. The summed E-state index contributed by atoms with van der Waals surface area (Å²) in [5.41, 5.74) is 8.55. The first-order valence-corrected chi connectivity index (χ1v) is 7.82. The molecule has 3 rings (SSSR count). The number of hydrogen-bond donors (Lipinski definition) is 2. The summed E-state index contributed by atoms with van der Waals surface area (Å²) >= 11 is 0. The first kappa shape index (κ1) is 17.2. The van der Waals surface area contributed by atoms with Gasteiger partial charge in [-0.25, -0.2) is 9.98 Å². The SMILES string of the molecule is COc1cc(OC)c2nc(-c3ccccc3)cc(N=C(N)NC=O)c2c1. The third-order valence-electron chi connectivity index (χ3n) is 3.80. The van der Waals surface area contributed by atoms with Crippen LogP contribution in [0.25, 0.3) is 22.2 Å². The monoisotopic (exact) mass is 350 g/mol. The lowest BCUT2D eigenvalue weighted by molar-refractivity contribution is -0.108. The van der Waals surface area contributed by atoms with Crippen molar-refractivity contribution in [2.45, 2.75) is 0 Å². The van der Waals surface area contributed by atoms with E-state index < -0.39 is 0 Å². The molecule has 0 unspecified atom stereocenters. The second-order valence-electron chi connectivity index (χ2n) is 5.38. The first-order valence-electron chi connectivity index (χ1n) is 7.82. The molecule has 132 valence electrons. The summed E-state index contributed by atoms with van der Waals surface area (Å²) in [6.45, 7) is 0. The highest BCUT2D eigenvalue weighted by atomic mass is 16.5. The normalized spacial score (nSPS) is 11.2. The van der Waals surface area contributed by atoms with Gasteiger partial charge in [0.2, 0.25) is 6.41 Å². The van der Waals surface area contributed by atoms with E-state index in [1.54, 1.807) is 32.4 Å².